The van der Waals surface area contributed by atoms with Crippen LogP contribution in [-0.2, 0) is 10.0 Å². The lowest BCUT2D eigenvalue weighted by Gasteiger charge is -2.33. The molecule has 0 radical (unpaired) electrons. The molecule has 5 nitrogen and oxygen atoms in total. The van der Waals surface area contributed by atoms with Gasteiger partial charge in [-0.2, -0.15) is 0 Å². The summed E-state index contributed by atoms with van der Waals surface area (Å²) in [6, 6.07) is 1.64. The Bertz CT molecular complexity index is 571. The van der Waals surface area contributed by atoms with Gasteiger partial charge in [0, 0.05) is 23.3 Å². The normalized spacial score (nSPS) is 22.4. The highest BCUT2D eigenvalue weighted by Crippen LogP contribution is 2.29. The Kier molecular flexibility index (Phi) is 5.04. The Hall–Kier alpha value is -0.660. The second-order valence-corrected chi connectivity index (χ2v) is 7.92. The highest BCUT2D eigenvalue weighted by Gasteiger charge is 2.31. The first-order valence-electron chi connectivity index (χ1n) is 6.84. The summed E-state index contributed by atoms with van der Waals surface area (Å²) in [6.07, 6.45) is 4.31. The van der Waals surface area contributed by atoms with Crippen molar-refractivity contribution in [2.24, 2.45) is 5.92 Å². The third kappa shape index (κ3) is 3.71. The standard InChI is InChI=1S/C13H20BrN3O2S/c1-3-4-15-13-12(7-10(14)8-16-13)20(18,19)17-11-5-9(2)6-11/h7-9,11,17H,3-6H2,1-2H3,(H,15,16). The average Bonchev–Trinajstić information content (AvgIpc) is 2.35. The SMILES string of the molecule is CCCNc1ncc(Br)cc1S(=O)(=O)NC1CC(C)C1. The molecule has 1 saturated carbocycles. The smallest absolute Gasteiger partial charge is 0.244 e. The first-order chi connectivity index (χ1) is 9.42. The number of aromatic nitrogens is 1. The van der Waals surface area contributed by atoms with Gasteiger partial charge in [0.15, 0.2) is 0 Å². The monoisotopic (exact) mass is 361 g/mol. The quantitative estimate of drug-likeness (QED) is 0.816. The zero-order valence-corrected chi connectivity index (χ0v) is 14.1. The van der Waals surface area contributed by atoms with E-state index in [0.717, 1.165) is 19.3 Å². The highest BCUT2D eigenvalue weighted by molar-refractivity contribution is 9.10. The van der Waals surface area contributed by atoms with E-state index in [4.69, 9.17) is 0 Å². The third-order valence-corrected chi connectivity index (χ3v) is 5.31. The van der Waals surface area contributed by atoms with Gasteiger partial charge in [-0.05, 0) is 47.2 Å². The topological polar surface area (TPSA) is 71.1 Å². The van der Waals surface area contributed by atoms with Crippen molar-refractivity contribution >= 4 is 31.8 Å². The molecule has 2 rings (SSSR count). The minimum Gasteiger partial charge on any atom is -0.369 e. The Balaban J connectivity index is 2.22. The molecule has 0 atom stereocenters. The van der Waals surface area contributed by atoms with Crippen LogP contribution in [0.4, 0.5) is 5.82 Å². The van der Waals surface area contributed by atoms with Crippen molar-refractivity contribution in [2.45, 2.75) is 44.0 Å². The van der Waals surface area contributed by atoms with Crippen LogP contribution in [0.15, 0.2) is 21.6 Å². The summed E-state index contributed by atoms with van der Waals surface area (Å²) in [6.45, 7) is 4.84. The van der Waals surface area contributed by atoms with Crippen LogP contribution in [0.5, 0.6) is 0 Å². The van der Waals surface area contributed by atoms with Gasteiger partial charge in [-0.1, -0.05) is 13.8 Å². The molecule has 7 heteroatoms. The summed E-state index contributed by atoms with van der Waals surface area (Å²) in [5.41, 5.74) is 0. The largest absolute Gasteiger partial charge is 0.369 e. The van der Waals surface area contributed by atoms with Gasteiger partial charge in [0.1, 0.15) is 10.7 Å². The summed E-state index contributed by atoms with van der Waals surface area (Å²) in [7, 11) is -3.53. The van der Waals surface area contributed by atoms with Crippen molar-refractivity contribution in [1.82, 2.24) is 9.71 Å². The molecule has 112 valence electrons. The Morgan fingerprint density at radius 2 is 2.15 bits per heavy atom. The average molecular weight is 362 g/mol. The Morgan fingerprint density at radius 3 is 2.75 bits per heavy atom. The fourth-order valence-electron chi connectivity index (χ4n) is 2.28. The van der Waals surface area contributed by atoms with Gasteiger partial charge in [-0.3, -0.25) is 0 Å². The molecule has 20 heavy (non-hydrogen) atoms. The van der Waals surface area contributed by atoms with E-state index < -0.39 is 10.0 Å². The summed E-state index contributed by atoms with van der Waals surface area (Å²) >= 11 is 3.28. The molecule has 1 aromatic rings. The van der Waals surface area contributed by atoms with E-state index in [9.17, 15) is 8.42 Å². The maximum atomic E-state index is 12.5. The number of rotatable bonds is 6. The van der Waals surface area contributed by atoms with Crippen molar-refractivity contribution in [3.8, 4) is 0 Å². The number of anilines is 1. The van der Waals surface area contributed by atoms with Gasteiger partial charge in [-0.15, -0.1) is 0 Å². The van der Waals surface area contributed by atoms with E-state index in [-0.39, 0.29) is 10.9 Å². The summed E-state index contributed by atoms with van der Waals surface area (Å²) in [4.78, 5) is 4.38. The Labute approximate surface area is 128 Å². The molecule has 2 N–H and O–H groups in total. The molecule has 0 bridgehead atoms. The van der Waals surface area contributed by atoms with Gasteiger partial charge in [0.25, 0.3) is 0 Å². The van der Waals surface area contributed by atoms with E-state index in [1.54, 1.807) is 12.3 Å². The number of sulfonamides is 1. The minimum atomic E-state index is -3.53. The molecular weight excluding hydrogens is 342 g/mol. The lowest BCUT2D eigenvalue weighted by atomic mass is 9.83. The van der Waals surface area contributed by atoms with Gasteiger partial charge in [0.05, 0.1) is 0 Å². The molecule has 1 aliphatic carbocycles. The van der Waals surface area contributed by atoms with Gasteiger partial charge in [-0.25, -0.2) is 18.1 Å². The molecule has 1 aromatic heterocycles. The van der Waals surface area contributed by atoms with Crippen molar-refractivity contribution in [3.63, 3.8) is 0 Å². The van der Waals surface area contributed by atoms with Crippen LogP contribution in [0, 0.1) is 5.92 Å². The number of nitrogens with one attached hydrogen (secondary N) is 2. The van der Waals surface area contributed by atoms with Crippen LogP contribution in [-0.4, -0.2) is 26.0 Å². The maximum absolute atomic E-state index is 12.5. The third-order valence-electron chi connectivity index (χ3n) is 3.35. The van der Waals surface area contributed by atoms with Crippen molar-refractivity contribution in [3.05, 3.63) is 16.7 Å². The maximum Gasteiger partial charge on any atom is 0.244 e. The molecule has 1 fully saturated rings. The van der Waals surface area contributed by atoms with Crippen LogP contribution < -0.4 is 10.0 Å². The predicted octanol–water partition coefficient (Wildman–Crippen LogP) is 2.74. The lowest BCUT2D eigenvalue weighted by molar-refractivity contribution is 0.270. The first kappa shape index (κ1) is 15.7. The Morgan fingerprint density at radius 1 is 1.45 bits per heavy atom. The van der Waals surface area contributed by atoms with E-state index in [0.29, 0.717) is 22.8 Å². The highest BCUT2D eigenvalue weighted by atomic mass is 79.9. The van der Waals surface area contributed by atoms with Crippen LogP contribution in [0.1, 0.15) is 33.1 Å². The fourth-order valence-corrected chi connectivity index (χ4v) is 4.19. The lowest BCUT2D eigenvalue weighted by Crippen LogP contribution is -2.43. The van der Waals surface area contributed by atoms with Crippen LogP contribution >= 0.6 is 15.9 Å². The molecule has 0 unspecified atom stereocenters. The molecule has 0 spiro atoms. The minimum absolute atomic E-state index is 0.0491. The van der Waals surface area contributed by atoms with E-state index in [1.165, 1.54) is 0 Å². The van der Waals surface area contributed by atoms with Crippen molar-refractivity contribution in [2.75, 3.05) is 11.9 Å². The van der Waals surface area contributed by atoms with Crippen LogP contribution in [0.2, 0.25) is 0 Å². The number of nitrogens with zero attached hydrogens (tertiary/aromatic N) is 1. The summed E-state index contributed by atoms with van der Waals surface area (Å²) < 4.78 is 28.3. The second kappa shape index (κ2) is 6.41. The van der Waals surface area contributed by atoms with Gasteiger partial charge in [0.2, 0.25) is 10.0 Å². The second-order valence-electron chi connectivity index (χ2n) is 5.32. The zero-order valence-electron chi connectivity index (χ0n) is 11.7. The van der Waals surface area contributed by atoms with Gasteiger partial charge < -0.3 is 5.32 Å². The predicted molar refractivity (Wildman–Crippen MR) is 83.2 cm³/mol. The molecule has 0 aliphatic heterocycles. The molecule has 0 saturated heterocycles. The zero-order chi connectivity index (χ0) is 14.8. The van der Waals surface area contributed by atoms with Gasteiger partial charge >= 0.3 is 0 Å². The summed E-state index contributed by atoms with van der Waals surface area (Å²) in [5, 5.41) is 3.06. The van der Waals surface area contributed by atoms with Crippen molar-refractivity contribution < 1.29 is 8.42 Å². The van der Waals surface area contributed by atoms with E-state index >= 15 is 0 Å². The first-order valence-corrected chi connectivity index (χ1v) is 9.11. The molecule has 1 aliphatic rings. The van der Waals surface area contributed by atoms with E-state index in [1.807, 2.05) is 6.92 Å². The molecule has 1 heterocycles. The number of halogens is 1. The van der Waals surface area contributed by atoms with Crippen molar-refractivity contribution in [1.29, 1.82) is 0 Å². The number of pyridine rings is 1. The number of hydrogen-bond donors (Lipinski definition) is 2. The summed E-state index contributed by atoms with van der Waals surface area (Å²) in [5.74, 6) is 1.01. The molecular formula is C13H20BrN3O2S. The van der Waals surface area contributed by atoms with Crippen LogP contribution in [0.25, 0.3) is 0 Å². The number of hydrogen-bond acceptors (Lipinski definition) is 4. The molecule has 0 aromatic carbocycles. The van der Waals surface area contributed by atoms with Crippen LogP contribution in [0.3, 0.4) is 0 Å². The fraction of sp³-hybridized carbons (Fsp3) is 0.615. The molecule has 0 amide bonds. The van der Waals surface area contributed by atoms with E-state index in [2.05, 4.69) is 37.9 Å².